The summed E-state index contributed by atoms with van der Waals surface area (Å²) in [6.07, 6.45) is 0.845. The second kappa shape index (κ2) is 8.52. The predicted octanol–water partition coefficient (Wildman–Crippen LogP) is 2.89. The molecule has 29 heavy (non-hydrogen) atoms. The van der Waals surface area contributed by atoms with E-state index in [0.717, 1.165) is 16.9 Å². The molecule has 0 radical (unpaired) electrons. The Morgan fingerprint density at radius 1 is 1.24 bits per heavy atom. The lowest BCUT2D eigenvalue weighted by Crippen LogP contribution is -2.63. The predicted molar refractivity (Wildman–Crippen MR) is 117 cm³/mol. The molecule has 0 fully saturated rings. The van der Waals surface area contributed by atoms with Crippen molar-refractivity contribution in [2.24, 2.45) is 0 Å². The fraction of sp³-hybridized carbons (Fsp3) is 0.333. The smallest absolute Gasteiger partial charge is 0.329 e. The highest BCUT2D eigenvalue weighted by Crippen LogP contribution is 2.41. The fourth-order valence-corrected chi connectivity index (χ4v) is 3.64. The van der Waals surface area contributed by atoms with Crippen molar-refractivity contribution in [2.75, 3.05) is 37.4 Å². The van der Waals surface area contributed by atoms with E-state index < -0.39 is 17.7 Å². The van der Waals surface area contributed by atoms with Gasteiger partial charge in [-0.3, -0.25) is 9.69 Å². The standard InChI is InChI=1S/C21H25BrN4O3/c1-4-14-5-8-16(9-6-14)26-20(28)24-18-10-7-15(22)13-17(18)21(26,29)19(27)23-11-12-25(2)3/h5-10,13,29H,4,11-12H2,1-3H3,(H,23,27)(H,24,28)/t21-/m1/s1. The number of carbonyl (C=O) groups is 2. The molecule has 3 N–H and O–H groups in total. The molecule has 3 rings (SSSR count). The number of halogens is 1. The van der Waals surface area contributed by atoms with Crippen LogP contribution in [0.3, 0.4) is 0 Å². The maximum atomic E-state index is 13.2. The zero-order valence-electron chi connectivity index (χ0n) is 16.7. The third-order valence-corrected chi connectivity index (χ3v) is 5.38. The van der Waals surface area contributed by atoms with Crippen LogP contribution < -0.4 is 15.5 Å². The molecule has 3 amide bonds. The molecule has 0 bridgehead atoms. The van der Waals surface area contributed by atoms with Crippen LogP contribution >= 0.6 is 15.9 Å². The van der Waals surface area contributed by atoms with Crippen molar-refractivity contribution in [3.8, 4) is 0 Å². The molecule has 8 heteroatoms. The average molecular weight is 461 g/mol. The van der Waals surface area contributed by atoms with Crippen LogP contribution in [0.15, 0.2) is 46.9 Å². The van der Waals surface area contributed by atoms with Crippen molar-refractivity contribution >= 4 is 39.2 Å². The van der Waals surface area contributed by atoms with E-state index in [4.69, 9.17) is 0 Å². The fourth-order valence-electron chi connectivity index (χ4n) is 3.28. The number of rotatable bonds is 6. The lowest BCUT2D eigenvalue weighted by atomic mass is 9.94. The van der Waals surface area contributed by atoms with E-state index in [2.05, 4.69) is 26.6 Å². The molecule has 0 unspecified atom stereocenters. The third kappa shape index (κ3) is 4.14. The minimum Gasteiger partial charge on any atom is -0.359 e. The summed E-state index contributed by atoms with van der Waals surface area (Å²) in [5, 5.41) is 17.2. The quantitative estimate of drug-likeness (QED) is 0.618. The van der Waals surface area contributed by atoms with Crippen LogP contribution in [0.4, 0.5) is 16.2 Å². The maximum Gasteiger partial charge on any atom is 0.329 e. The lowest BCUT2D eigenvalue weighted by Gasteiger charge is -2.42. The summed E-state index contributed by atoms with van der Waals surface area (Å²) >= 11 is 3.39. The largest absolute Gasteiger partial charge is 0.359 e. The molecule has 2 aromatic carbocycles. The van der Waals surface area contributed by atoms with E-state index in [9.17, 15) is 14.7 Å². The third-order valence-electron chi connectivity index (χ3n) is 4.89. The average Bonchev–Trinajstić information content (AvgIpc) is 2.68. The van der Waals surface area contributed by atoms with Gasteiger partial charge in [0.05, 0.1) is 5.69 Å². The van der Waals surface area contributed by atoms with Gasteiger partial charge < -0.3 is 20.6 Å². The van der Waals surface area contributed by atoms with Gasteiger partial charge in [-0.1, -0.05) is 35.0 Å². The van der Waals surface area contributed by atoms with Crippen LogP contribution in [0.1, 0.15) is 18.1 Å². The second-order valence-electron chi connectivity index (χ2n) is 7.21. The number of likely N-dealkylation sites (N-methyl/N-ethyl adjacent to an activating group) is 1. The van der Waals surface area contributed by atoms with Gasteiger partial charge >= 0.3 is 6.03 Å². The lowest BCUT2D eigenvalue weighted by molar-refractivity contribution is -0.140. The Bertz CT molecular complexity index is 917. The summed E-state index contributed by atoms with van der Waals surface area (Å²) in [5.41, 5.74) is 0.0174. The summed E-state index contributed by atoms with van der Waals surface area (Å²) in [6.45, 7) is 2.97. The minimum absolute atomic E-state index is 0.299. The molecule has 2 aromatic rings. The Morgan fingerprint density at radius 2 is 1.93 bits per heavy atom. The summed E-state index contributed by atoms with van der Waals surface area (Å²) < 4.78 is 0.688. The maximum absolute atomic E-state index is 13.2. The summed E-state index contributed by atoms with van der Waals surface area (Å²) in [5.74, 6) is -0.659. The van der Waals surface area contributed by atoms with E-state index in [1.807, 2.05) is 38.1 Å². The van der Waals surface area contributed by atoms with Crippen molar-refractivity contribution in [3.63, 3.8) is 0 Å². The van der Waals surface area contributed by atoms with Gasteiger partial charge in [-0.25, -0.2) is 4.79 Å². The van der Waals surface area contributed by atoms with Crippen molar-refractivity contribution in [1.82, 2.24) is 10.2 Å². The van der Waals surface area contributed by atoms with Crippen molar-refractivity contribution in [1.29, 1.82) is 0 Å². The number of nitrogens with zero attached hydrogens (tertiary/aromatic N) is 2. The highest BCUT2D eigenvalue weighted by molar-refractivity contribution is 9.10. The molecular weight excluding hydrogens is 436 g/mol. The molecule has 0 spiro atoms. The Labute approximate surface area is 178 Å². The first-order chi connectivity index (χ1) is 13.8. The van der Waals surface area contributed by atoms with Crippen LogP contribution in [-0.2, 0) is 16.9 Å². The number of hydrogen-bond donors (Lipinski definition) is 3. The molecule has 154 valence electrons. The monoisotopic (exact) mass is 460 g/mol. The van der Waals surface area contributed by atoms with Gasteiger partial charge in [0, 0.05) is 28.8 Å². The number of carbonyl (C=O) groups excluding carboxylic acids is 2. The summed E-state index contributed by atoms with van der Waals surface area (Å²) in [4.78, 5) is 29.2. The molecule has 0 aromatic heterocycles. The number of anilines is 2. The van der Waals surface area contributed by atoms with Crippen LogP contribution in [0, 0.1) is 0 Å². The zero-order valence-corrected chi connectivity index (χ0v) is 18.3. The first kappa shape index (κ1) is 21.3. The number of urea groups is 1. The Morgan fingerprint density at radius 3 is 2.55 bits per heavy atom. The van der Waals surface area contributed by atoms with E-state index in [1.54, 1.807) is 30.3 Å². The summed E-state index contributed by atoms with van der Waals surface area (Å²) in [6, 6.07) is 11.7. The first-order valence-corrected chi connectivity index (χ1v) is 10.2. The molecule has 1 heterocycles. The molecule has 7 nitrogen and oxygen atoms in total. The Kier molecular flexibility index (Phi) is 6.26. The van der Waals surface area contributed by atoms with E-state index in [0.29, 0.717) is 34.5 Å². The number of benzene rings is 2. The molecule has 0 saturated carbocycles. The number of aryl methyl sites for hydroxylation is 1. The van der Waals surface area contributed by atoms with Gasteiger partial charge in [-0.05, 0) is 56.4 Å². The van der Waals surface area contributed by atoms with Gasteiger partial charge in [0.2, 0.25) is 0 Å². The van der Waals surface area contributed by atoms with Crippen LogP contribution in [0.25, 0.3) is 0 Å². The first-order valence-electron chi connectivity index (χ1n) is 9.43. The second-order valence-corrected chi connectivity index (χ2v) is 8.12. The molecule has 0 saturated heterocycles. The van der Waals surface area contributed by atoms with Gasteiger partial charge in [-0.15, -0.1) is 0 Å². The molecule has 0 aliphatic carbocycles. The molecule has 1 aliphatic rings. The van der Waals surface area contributed by atoms with Crippen LogP contribution in [0.2, 0.25) is 0 Å². The van der Waals surface area contributed by atoms with Gasteiger partial charge in [0.25, 0.3) is 11.6 Å². The van der Waals surface area contributed by atoms with E-state index >= 15 is 0 Å². The SMILES string of the molecule is CCc1ccc(N2C(=O)Nc3ccc(Br)cc3[C@@]2(O)C(=O)NCCN(C)C)cc1. The van der Waals surface area contributed by atoms with Crippen LogP contribution in [-0.4, -0.2) is 49.1 Å². The van der Waals surface area contributed by atoms with Gasteiger partial charge in [0.15, 0.2) is 0 Å². The number of aliphatic hydroxyl groups is 1. The Balaban J connectivity index is 2.08. The van der Waals surface area contributed by atoms with Gasteiger partial charge in [0.1, 0.15) is 0 Å². The zero-order chi connectivity index (χ0) is 21.2. The number of nitrogens with one attached hydrogen (secondary N) is 2. The van der Waals surface area contributed by atoms with Crippen molar-refractivity contribution in [2.45, 2.75) is 19.1 Å². The molecule has 1 atom stereocenters. The van der Waals surface area contributed by atoms with Crippen LogP contribution in [0.5, 0.6) is 0 Å². The van der Waals surface area contributed by atoms with E-state index in [-0.39, 0.29) is 0 Å². The number of fused-ring (bicyclic) bond motifs is 1. The van der Waals surface area contributed by atoms with Gasteiger partial charge in [-0.2, -0.15) is 0 Å². The molecular formula is C21H25BrN4O3. The van der Waals surface area contributed by atoms with Crippen molar-refractivity contribution in [3.05, 3.63) is 58.1 Å². The highest BCUT2D eigenvalue weighted by atomic mass is 79.9. The number of hydrogen-bond acceptors (Lipinski definition) is 4. The van der Waals surface area contributed by atoms with E-state index in [1.165, 1.54) is 0 Å². The number of amides is 3. The van der Waals surface area contributed by atoms with Crippen molar-refractivity contribution < 1.29 is 14.7 Å². The minimum atomic E-state index is -2.19. The highest BCUT2D eigenvalue weighted by Gasteiger charge is 2.52. The topological polar surface area (TPSA) is 84.9 Å². The summed E-state index contributed by atoms with van der Waals surface area (Å²) in [7, 11) is 3.78. The normalized spacial score (nSPS) is 18.4. The molecule has 1 aliphatic heterocycles. The Hall–Kier alpha value is -2.42.